The Kier molecular flexibility index (Phi) is 6.09. The molecule has 1 heterocycles. The number of aromatic nitrogens is 1. The van der Waals surface area contributed by atoms with Gasteiger partial charge in [-0.1, -0.05) is 19.1 Å². The molecule has 1 aromatic carbocycles. The fraction of sp³-hybridized carbons (Fsp3) is 0.375. The standard InChI is InChI=1S/C16H21N3O3S2/c1-4-16-18-13(11-23-16)9-15(20)17-10-12-5-7-14(8-6-12)24(21,22)19(2)3/h5-8,11H,4,9-10H2,1-3H3,(H,17,20). The highest BCUT2D eigenvalue weighted by Gasteiger charge is 2.16. The quantitative estimate of drug-likeness (QED) is 0.809. The zero-order valence-electron chi connectivity index (χ0n) is 13.9. The molecule has 1 amide bonds. The summed E-state index contributed by atoms with van der Waals surface area (Å²) < 4.78 is 25.1. The van der Waals surface area contributed by atoms with E-state index in [1.807, 2.05) is 12.3 Å². The minimum atomic E-state index is -3.43. The van der Waals surface area contributed by atoms with E-state index in [0.29, 0.717) is 6.54 Å². The zero-order chi connectivity index (χ0) is 17.7. The van der Waals surface area contributed by atoms with Crippen LogP contribution < -0.4 is 5.32 Å². The fourth-order valence-corrected chi connectivity index (χ4v) is 3.66. The molecule has 0 saturated heterocycles. The first-order valence-corrected chi connectivity index (χ1v) is 9.86. The molecular weight excluding hydrogens is 346 g/mol. The molecule has 130 valence electrons. The van der Waals surface area contributed by atoms with Crippen LogP contribution >= 0.6 is 11.3 Å². The zero-order valence-corrected chi connectivity index (χ0v) is 15.6. The number of rotatable bonds is 7. The van der Waals surface area contributed by atoms with Gasteiger partial charge in [-0.2, -0.15) is 0 Å². The molecule has 2 aromatic rings. The Morgan fingerprint density at radius 3 is 2.46 bits per heavy atom. The lowest BCUT2D eigenvalue weighted by Gasteiger charge is -2.11. The highest BCUT2D eigenvalue weighted by atomic mass is 32.2. The van der Waals surface area contributed by atoms with E-state index in [1.165, 1.54) is 18.4 Å². The Labute approximate surface area is 146 Å². The molecule has 0 fully saturated rings. The van der Waals surface area contributed by atoms with E-state index in [4.69, 9.17) is 0 Å². The Morgan fingerprint density at radius 1 is 1.25 bits per heavy atom. The second kappa shape index (κ2) is 7.87. The molecule has 6 nitrogen and oxygen atoms in total. The summed E-state index contributed by atoms with van der Waals surface area (Å²) in [6.07, 6.45) is 1.12. The first-order valence-electron chi connectivity index (χ1n) is 7.54. The molecule has 24 heavy (non-hydrogen) atoms. The van der Waals surface area contributed by atoms with Gasteiger partial charge in [-0.25, -0.2) is 17.7 Å². The molecule has 0 aliphatic carbocycles. The number of hydrogen-bond donors (Lipinski definition) is 1. The van der Waals surface area contributed by atoms with Crippen LogP contribution in [0.4, 0.5) is 0 Å². The predicted octanol–water partition coefficient (Wildman–Crippen LogP) is 1.81. The molecule has 0 atom stereocenters. The van der Waals surface area contributed by atoms with Gasteiger partial charge in [0, 0.05) is 26.0 Å². The van der Waals surface area contributed by atoms with Gasteiger partial charge in [0.15, 0.2) is 0 Å². The molecule has 0 aliphatic heterocycles. The van der Waals surface area contributed by atoms with Gasteiger partial charge in [-0.05, 0) is 24.1 Å². The normalized spacial score (nSPS) is 11.7. The number of carbonyl (C=O) groups is 1. The summed E-state index contributed by atoms with van der Waals surface area (Å²) in [5.74, 6) is -0.104. The van der Waals surface area contributed by atoms with Crippen molar-refractivity contribution in [3.63, 3.8) is 0 Å². The lowest BCUT2D eigenvalue weighted by molar-refractivity contribution is -0.120. The van der Waals surface area contributed by atoms with Crippen LogP contribution in [0, 0.1) is 0 Å². The van der Waals surface area contributed by atoms with E-state index in [1.54, 1.807) is 35.6 Å². The van der Waals surface area contributed by atoms with E-state index in [9.17, 15) is 13.2 Å². The molecule has 8 heteroatoms. The summed E-state index contributed by atoms with van der Waals surface area (Å²) >= 11 is 1.56. The first kappa shape index (κ1) is 18.6. The second-order valence-electron chi connectivity index (χ2n) is 5.47. The number of nitrogens with zero attached hydrogens (tertiary/aromatic N) is 2. The van der Waals surface area contributed by atoms with Gasteiger partial charge >= 0.3 is 0 Å². The lowest BCUT2D eigenvalue weighted by atomic mass is 10.2. The highest BCUT2D eigenvalue weighted by Crippen LogP contribution is 2.14. The molecule has 1 N–H and O–H groups in total. The number of amides is 1. The third kappa shape index (κ3) is 4.62. The number of aryl methyl sites for hydroxylation is 1. The molecular formula is C16H21N3O3S2. The molecule has 0 bridgehead atoms. The Balaban J connectivity index is 1.91. The topological polar surface area (TPSA) is 79.4 Å². The summed E-state index contributed by atoms with van der Waals surface area (Å²) in [4.78, 5) is 16.5. The number of benzene rings is 1. The monoisotopic (exact) mass is 367 g/mol. The van der Waals surface area contributed by atoms with Crippen molar-refractivity contribution in [2.75, 3.05) is 14.1 Å². The summed E-state index contributed by atoms with van der Waals surface area (Å²) in [7, 11) is -0.443. The average molecular weight is 367 g/mol. The van der Waals surface area contributed by atoms with Crippen LogP contribution in [-0.4, -0.2) is 37.7 Å². The van der Waals surface area contributed by atoms with Crippen LogP contribution in [0.3, 0.4) is 0 Å². The minimum absolute atomic E-state index is 0.104. The number of nitrogens with one attached hydrogen (secondary N) is 1. The van der Waals surface area contributed by atoms with Crippen molar-refractivity contribution in [1.29, 1.82) is 0 Å². The fourth-order valence-electron chi connectivity index (χ4n) is 2.01. The van der Waals surface area contributed by atoms with Crippen LogP contribution in [0.1, 0.15) is 23.2 Å². The van der Waals surface area contributed by atoms with Crippen molar-refractivity contribution in [3.05, 3.63) is 45.9 Å². The third-order valence-corrected chi connectivity index (χ3v) is 6.31. The minimum Gasteiger partial charge on any atom is -0.352 e. The van der Waals surface area contributed by atoms with Gasteiger partial charge in [-0.15, -0.1) is 11.3 Å². The molecule has 0 aliphatic rings. The summed E-state index contributed by atoms with van der Waals surface area (Å²) in [6.45, 7) is 2.38. The van der Waals surface area contributed by atoms with Gasteiger partial charge in [0.1, 0.15) is 0 Å². The van der Waals surface area contributed by atoms with Crippen LogP contribution in [0.15, 0.2) is 34.5 Å². The maximum absolute atomic E-state index is 12.0. The Bertz CT molecular complexity index is 796. The lowest BCUT2D eigenvalue weighted by Crippen LogP contribution is -2.25. The van der Waals surface area contributed by atoms with E-state index in [2.05, 4.69) is 10.3 Å². The van der Waals surface area contributed by atoms with Crippen molar-refractivity contribution >= 4 is 27.3 Å². The summed E-state index contributed by atoms with van der Waals surface area (Å²) in [5.41, 5.74) is 1.62. The average Bonchev–Trinajstić information content (AvgIpc) is 3.00. The first-order chi connectivity index (χ1) is 11.3. The number of thiazole rings is 1. The molecule has 0 unspecified atom stereocenters. The molecule has 0 radical (unpaired) electrons. The smallest absolute Gasteiger partial charge is 0.242 e. The Hall–Kier alpha value is -1.77. The van der Waals surface area contributed by atoms with Gasteiger partial charge < -0.3 is 5.32 Å². The number of hydrogen-bond acceptors (Lipinski definition) is 5. The Morgan fingerprint density at radius 2 is 1.92 bits per heavy atom. The van der Waals surface area contributed by atoms with Crippen LogP contribution in [0.2, 0.25) is 0 Å². The maximum Gasteiger partial charge on any atom is 0.242 e. The van der Waals surface area contributed by atoms with Crippen molar-refractivity contribution in [1.82, 2.24) is 14.6 Å². The van der Waals surface area contributed by atoms with Crippen molar-refractivity contribution in [3.8, 4) is 0 Å². The molecule has 0 spiro atoms. The number of carbonyl (C=O) groups excluding carboxylic acids is 1. The highest BCUT2D eigenvalue weighted by molar-refractivity contribution is 7.89. The molecule has 1 aromatic heterocycles. The predicted molar refractivity (Wildman–Crippen MR) is 94.4 cm³/mol. The molecule has 0 saturated carbocycles. The third-order valence-electron chi connectivity index (χ3n) is 3.44. The van der Waals surface area contributed by atoms with Gasteiger partial charge in [-0.3, -0.25) is 4.79 Å². The largest absolute Gasteiger partial charge is 0.352 e. The summed E-state index contributed by atoms with van der Waals surface area (Å²) in [6, 6.07) is 6.50. The number of sulfonamides is 1. The van der Waals surface area contributed by atoms with E-state index < -0.39 is 10.0 Å². The van der Waals surface area contributed by atoms with Gasteiger partial charge in [0.05, 0.1) is 22.0 Å². The van der Waals surface area contributed by atoms with E-state index in [0.717, 1.165) is 22.7 Å². The maximum atomic E-state index is 12.0. The van der Waals surface area contributed by atoms with Crippen molar-refractivity contribution in [2.45, 2.75) is 31.2 Å². The summed E-state index contributed by atoms with van der Waals surface area (Å²) in [5, 5.41) is 5.75. The van der Waals surface area contributed by atoms with E-state index in [-0.39, 0.29) is 17.2 Å². The van der Waals surface area contributed by atoms with Gasteiger partial charge in [0.25, 0.3) is 0 Å². The SMILES string of the molecule is CCc1nc(CC(=O)NCc2ccc(S(=O)(=O)N(C)C)cc2)cs1. The van der Waals surface area contributed by atoms with Crippen LogP contribution in [0.5, 0.6) is 0 Å². The van der Waals surface area contributed by atoms with Crippen LogP contribution in [0.25, 0.3) is 0 Å². The van der Waals surface area contributed by atoms with Crippen molar-refractivity contribution < 1.29 is 13.2 Å². The molecule has 2 rings (SSSR count). The van der Waals surface area contributed by atoms with Crippen LogP contribution in [-0.2, 0) is 34.2 Å². The van der Waals surface area contributed by atoms with Crippen molar-refractivity contribution in [2.24, 2.45) is 0 Å². The van der Waals surface area contributed by atoms with E-state index >= 15 is 0 Å². The van der Waals surface area contributed by atoms with Gasteiger partial charge in [0.2, 0.25) is 15.9 Å². The second-order valence-corrected chi connectivity index (χ2v) is 8.57.